The van der Waals surface area contributed by atoms with Gasteiger partial charge in [0, 0.05) is 17.2 Å². The molecule has 2 heteroatoms. The molecule has 0 fully saturated rings. The van der Waals surface area contributed by atoms with E-state index in [1.807, 2.05) is 12.1 Å². The quantitative estimate of drug-likeness (QED) is 0.726. The zero-order valence-electron chi connectivity index (χ0n) is 9.36. The van der Waals surface area contributed by atoms with Gasteiger partial charge >= 0.3 is 0 Å². The van der Waals surface area contributed by atoms with E-state index in [1.54, 1.807) is 12.3 Å². The topological polar surface area (TPSA) is 33.1 Å². The SMILES string of the molecule is CC1(C)c2cccnc2-c2c(O)cccc21. The van der Waals surface area contributed by atoms with Gasteiger partial charge in [-0.05, 0) is 23.3 Å². The summed E-state index contributed by atoms with van der Waals surface area (Å²) in [6, 6.07) is 9.71. The van der Waals surface area contributed by atoms with Crippen LogP contribution in [-0.4, -0.2) is 10.1 Å². The molecule has 3 rings (SSSR count). The van der Waals surface area contributed by atoms with E-state index in [-0.39, 0.29) is 5.41 Å². The van der Waals surface area contributed by atoms with Crippen LogP contribution in [-0.2, 0) is 5.41 Å². The minimum atomic E-state index is -0.0718. The second-order valence-corrected chi connectivity index (χ2v) is 4.72. The number of rotatable bonds is 0. The van der Waals surface area contributed by atoms with Crippen LogP contribution in [0.3, 0.4) is 0 Å². The fourth-order valence-electron chi connectivity index (χ4n) is 2.56. The van der Waals surface area contributed by atoms with Crippen LogP contribution in [0.25, 0.3) is 11.3 Å². The predicted molar refractivity (Wildman–Crippen MR) is 63.5 cm³/mol. The number of hydrogen-bond acceptors (Lipinski definition) is 2. The Balaban J connectivity index is 2.45. The van der Waals surface area contributed by atoms with Crippen molar-refractivity contribution in [3.63, 3.8) is 0 Å². The van der Waals surface area contributed by atoms with Crippen LogP contribution in [0.5, 0.6) is 5.75 Å². The molecule has 0 saturated carbocycles. The zero-order valence-corrected chi connectivity index (χ0v) is 9.36. The summed E-state index contributed by atoms with van der Waals surface area (Å²) in [6.45, 7) is 4.33. The Kier molecular flexibility index (Phi) is 1.67. The van der Waals surface area contributed by atoms with Crippen molar-refractivity contribution in [1.29, 1.82) is 0 Å². The van der Waals surface area contributed by atoms with Crippen molar-refractivity contribution < 1.29 is 5.11 Å². The monoisotopic (exact) mass is 211 g/mol. The molecule has 2 nitrogen and oxygen atoms in total. The normalized spacial score (nSPS) is 15.6. The third kappa shape index (κ3) is 0.990. The van der Waals surface area contributed by atoms with Crippen LogP contribution < -0.4 is 0 Å². The summed E-state index contributed by atoms with van der Waals surface area (Å²) in [6.07, 6.45) is 1.77. The molecule has 0 unspecified atom stereocenters. The van der Waals surface area contributed by atoms with Crippen molar-refractivity contribution >= 4 is 0 Å². The first-order chi connectivity index (χ1) is 7.62. The van der Waals surface area contributed by atoms with E-state index in [0.29, 0.717) is 5.75 Å². The number of phenolic OH excluding ortho intramolecular Hbond substituents is 1. The molecule has 0 amide bonds. The molecule has 0 spiro atoms. The number of pyridine rings is 1. The average molecular weight is 211 g/mol. The Morgan fingerprint density at radius 3 is 2.62 bits per heavy atom. The average Bonchev–Trinajstić information content (AvgIpc) is 2.51. The maximum atomic E-state index is 9.97. The molecular weight excluding hydrogens is 198 g/mol. The van der Waals surface area contributed by atoms with Gasteiger partial charge in [-0.2, -0.15) is 0 Å². The van der Waals surface area contributed by atoms with E-state index in [4.69, 9.17) is 0 Å². The van der Waals surface area contributed by atoms with E-state index in [1.165, 1.54) is 5.56 Å². The standard InChI is InChI=1S/C14H13NO/c1-14(2)9-5-3-7-11(16)12(9)13-10(14)6-4-8-15-13/h3-8,16H,1-2H3. The van der Waals surface area contributed by atoms with Gasteiger partial charge in [-0.1, -0.05) is 32.0 Å². The lowest BCUT2D eigenvalue weighted by Gasteiger charge is -2.20. The summed E-state index contributed by atoms with van der Waals surface area (Å²) in [5.41, 5.74) is 4.08. The molecule has 1 aliphatic carbocycles. The van der Waals surface area contributed by atoms with Crippen molar-refractivity contribution in [2.24, 2.45) is 0 Å². The van der Waals surface area contributed by atoms with Gasteiger partial charge in [0.15, 0.2) is 0 Å². The van der Waals surface area contributed by atoms with Gasteiger partial charge in [-0.25, -0.2) is 0 Å². The molecule has 2 aromatic rings. The zero-order chi connectivity index (χ0) is 11.3. The fraction of sp³-hybridized carbons (Fsp3) is 0.214. The maximum absolute atomic E-state index is 9.97. The van der Waals surface area contributed by atoms with Crippen LogP contribution in [0, 0.1) is 0 Å². The highest BCUT2D eigenvalue weighted by Gasteiger charge is 2.37. The molecule has 16 heavy (non-hydrogen) atoms. The lowest BCUT2D eigenvalue weighted by atomic mass is 9.83. The van der Waals surface area contributed by atoms with E-state index < -0.39 is 0 Å². The highest BCUT2D eigenvalue weighted by molar-refractivity contribution is 5.82. The van der Waals surface area contributed by atoms with Gasteiger partial charge < -0.3 is 5.11 Å². The maximum Gasteiger partial charge on any atom is 0.125 e. The van der Waals surface area contributed by atoms with Crippen LogP contribution in [0.15, 0.2) is 36.5 Å². The van der Waals surface area contributed by atoms with Crippen molar-refractivity contribution in [3.8, 4) is 17.0 Å². The number of phenols is 1. The molecule has 0 bridgehead atoms. The van der Waals surface area contributed by atoms with Crippen LogP contribution >= 0.6 is 0 Å². The van der Waals surface area contributed by atoms with E-state index in [2.05, 4.69) is 31.0 Å². The first kappa shape index (κ1) is 9.40. The third-order valence-corrected chi connectivity index (χ3v) is 3.43. The number of fused-ring (bicyclic) bond motifs is 3. The molecule has 0 saturated heterocycles. The van der Waals surface area contributed by atoms with E-state index in [0.717, 1.165) is 16.8 Å². The van der Waals surface area contributed by atoms with Crippen LogP contribution in [0.4, 0.5) is 0 Å². The second-order valence-electron chi connectivity index (χ2n) is 4.72. The van der Waals surface area contributed by atoms with Gasteiger partial charge in [0.25, 0.3) is 0 Å². The third-order valence-electron chi connectivity index (χ3n) is 3.43. The molecule has 0 radical (unpaired) electrons. The Labute approximate surface area is 94.6 Å². The Bertz CT molecular complexity index is 573. The first-order valence-corrected chi connectivity index (χ1v) is 5.40. The van der Waals surface area contributed by atoms with Gasteiger partial charge in [0.05, 0.1) is 5.69 Å². The molecule has 0 aliphatic heterocycles. The highest BCUT2D eigenvalue weighted by atomic mass is 16.3. The highest BCUT2D eigenvalue weighted by Crippen LogP contribution is 2.50. The van der Waals surface area contributed by atoms with Gasteiger partial charge in [-0.3, -0.25) is 4.98 Å². The minimum Gasteiger partial charge on any atom is -0.507 e. The molecular formula is C14H13NO. The Morgan fingerprint density at radius 2 is 1.81 bits per heavy atom. The lowest BCUT2D eigenvalue weighted by Crippen LogP contribution is -2.14. The summed E-state index contributed by atoms with van der Waals surface area (Å²) in [5.74, 6) is 0.322. The number of hydrogen-bond donors (Lipinski definition) is 1. The second kappa shape index (κ2) is 2.85. The first-order valence-electron chi connectivity index (χ1n) is 5.40. The van der Waals surface area contributed by atoms with Crippen molar-refractivity contribution in [2.75, 3.05) is 0 Å². The predicted octanol–water partition coefficient (Wildman–Crippen LogP) is 3.09. The summed E-state index contributed by atoms with van der Waals surface area (Å²) in [4.78, 5) is 4.40. The molecule has 0 atom stereocenters. The minimum absolute atomic E-state index is 0.0718. The smallest absolute Gasteiger partial charge is 0.125 e. The number of aromatic nitrogens is 1. The molecule has 1 N–H and O–H groups in total. The molecule has 1 aromatic carbocycles. The van der Waals surface area contributed by atoms with Gasteiger partial charge in [-0.15, -0.1) is 0 Å². The summed E-state index contributed by atoms with van der Waals surface area (Å²) in [7, 11) is 0. The van der Waals surface area contributed by atoms with Crippen molar-refractivity contribution in [3.05, 3.63) is 47.7 Å². The largest absolute Gasteiger partial charge is 0.507 e. The number of benzene rings is 1. The fourth-order valence-corrected chi connectivity index (χ4v) is 2.56. The lowest BCUT2D eigenvalue weighted by molar-refractivity contribution is 0.476. The van der Waals surface area contributed by atoms with Crippen molar-refractivity contribution in [1.82, 2.24) is 4.98 Å². The van der Waals surface area contributed by atoms with Crippen LogP contribution in [0.2, 0.25) is 0 Å². The molecule has 1 aromatic heterocycles. The van der Waals surface area contributed by atoms with Crippen LogP contribution in [0.1, 0.15) is 25.0 Å². The molecule has 1 aliphatic rings. The van der Waals surface area contributed by atoms with E-state index >= 15 is 0 Å². The Morgan fingerprint density at radius 1 is 1.06 bits per heavy atom. The summed E-state index contributed by atoms with van der Waals surface area (Å²) < 4.78 is 0. The van der Waals surface area contributed by atoms with Gasteiger partial charge in [0.1, 0.15) is 5.75 Å². The number of aromatic hydroxyl groups is 1. The number of nitrogens with zero attached hydrogens (tertiary/aromatic N) is 1. The molecule has 80 valence electrons. The van der Waals surface area contributed by atoms with Gasteiger partial charge in [0.2, 0.25) is 0 Å². The Hall–Kier alpha value is -1.83. The molecule has 1 heterocycles. The van der Waals surface area contributed by atoms with E-state index in [9.17, 15) is 5.11 Å². The summed E-state index contributed by atoms with van der Waals surface area (Å²) >= 11 is 0. The van der Waals surface area contributed by atoms with Crippen molar-refractivity contribution in [2.45, 2.75) is 19.3 Å². The summed E-state index contributed by atoms with van der Waals surface area (Å²) in [5, 5.41) is 9.97.